The molecule has 0 fully saturated rings. The molecule has 5 N–H and O–H groups in total. The molecule has 0 bridgehead atoms. The van der Waals surface area contributed by atoms with Crippen LogP contribution >= 0.6 is 0 Å². The van der Waals surface area contributed by atoms with Crippen LogP contribution in [0.4, 0.5) is 0 Å². The lowest BCUT2D eigenvalue weighted by Crippen LogP contribution is -2.55. The fourth-order valence-electron chi connectivity index (χ4n) is 3.15. The number of phenolic OH excluding ortho intramolecular Hbond substituents is 1. The molecule has 0 heterocycles. The van der Waals surface area contributed by atoms with E-state index >= 15 is 0 Å². The van der Waals surface area contributed by atoms with E-state index in [9.17, 15) is 19.5 Å². The molecular formula is C24H37N3O4. The van der Waals surface area contributed by atoms with Gasteiger partial charge >= 0.3 is 0 Å². The average molecular weight is 432 g/mol. The summed E-state index contributed by atoms with van der Waals surface area (Å²) in [4.78, 5) is 36.9. The number of nitrogens with one attached hydrogen (secondary N) is 2. The normalized spacial score (nSPS) is 13.2. The minimum absolute atomic E-state index is 0.117. The minimum atomic E-state index is -0.865. The quantitative estimate of drug-likeness (QED) is 0.267. The van der Waals surface area contributed by atoms with Crippen molar-refractivity contribution in [1.29, 1.82) is 0 Å². The maximum atomic E-state index is 12.8. The highest BCUT2D eigenvalue weighted by atomic mass is 16.3. The summed E-state index contributed by atoms with van der Waals surface area (Å²) in [6, 6.07) is 4.73. The van der Waals surface area contributed by atoms with Crippen LogP contribution in [0.2, 0.25) is 0 Å². The molecule has 1 aromatic carbocycles. The Labute approximate surface area is 185 Å². The zero-order valence-electron chi connectivity index (χ0n) is 18.9. The first-order chi connectivity index (χ1) is 14.7. The molecule has 1 unspecified atom stereocenters. The third-order valence-corrected chi connectivity index (χ3v) is 4.99. The van der Waals surface area contributed by atoms with E-state index in [1.807, 2.05) is 12.2 Å². The zero-order chi connectivity index (χ0) is 23.2. The monoisotopic (exact) mass is 431 g/mol. The number of aromatic hydroxyl groups is 1. The van der Waals surface area contributed by atoms with Gasteiger partial charge in [-0.2, -0.15) is 0 Å². The van der Waals surface area contributed by atoms with E-state index in [-0.39, 0.29) is 30.4 Å². The van der Waals surface area contributed by atoms with E-state index in [0.29, 0.717) is 0 Å². The molecule has 2 atom stereocenters. The van der Waals surface area contributed by atoms with Crippen molar-refractivity contribution in [3.8, 4) is 5.75 Å². The molecule has 0 saturated heterocycles. The molecular weight excluding hydrogens is 394 g/mol. The van der Waals surface area contributed by atoms with E-state index in [1.54, 1.807) is 26.0 Å². The van der Waals surface area contributed by atoms with E-state index in [0.717, 1.165) is 18.4 Å². The van der Waals surface area contributed by atoms with Crippen LogP contribution in [-0.4, -0.2) is 34.9 Å². The van der Waals surface area contributed by atoms with Gasteiger partial charge in [0.2, 0.25) is 17.7 Å². The molecule has 0 aliphatic carbocycles. The lowest BCUT2D eigenvalue weighted by Gasteiger charge is -2.24. The number of hydrogen-bond acceptors (Lipinski definition) is 4. The number of carbonyl (C=O) groups is 3. The zero-order valence-corrected chi connectivity index (χ0v) is 18.9. The standard InChI is InChI=1S/C24H37N3O4/c1-4-5-6-7-8-9-10-11-21(29)26-20(16-18-12-14-19(28)15-13-18)24(31)27-22(17(2)3)23(25)30/h9-10,12-15,17,20,22,28H,4-8,11,16H2,1-3H3,(H2,25,30)(H,26,29)(H,27,31)/b10-9-/t20-,22?/m0/s1. The highest BCUT2D eigenvalue weighted by molar-refractivity contribution is 5.92. The number of benzene rings is 1. The molecule has 1 aromatic rings. The third kappa shape index (κ3) is 10.7. The summed E-state index contributed by atoms with van der Waals surface area (Å²) in [6.45, 7) is 5.74. The van der Waals surface area contributed by atoms with Gasteiger partial charge in [0.1, 0.15) is 17.8 Å². The number of amides is 3. The van der Waals surface area contributed by atoms with Crippen molar-refractivity contribution < 1.29 is 19.5 Å². The van der Waals surface area contributed by atoms with Gasteiger partial charge < -0.3 is 21.5 Å². The average Bonchev–Trinajstić information content (AvgIpc) is 2.71. The van der Waals surface area contributed by atoms with Crippen LogP contribution in [0.5, 0.6) is 5.75 Å². The molecule has 0 saturated carbocycles. The first-order valence-corrected chi connectivity index (χ1v) is 11.1. The summed E-state index contributed by atoms with van der Waals surface area (Å²) in [7, 11) is 0. The number of unbranched alkanes of at least 4 members (excludes halogenated alkanes) is 4. The molecule has 7 nitrogen and oxygen atoms in total. The van der Waals surface area contributed by atoms with E-state index in [4.69, 9.17) is 5.73 Å². The molecule has 3 amide bonds. The first kappa shape index (κ1) is 26.2. The summed E-state index contributed by atoms with van der Waals surface area (Å²) in [5.41, 5.74) is 6.17. The van der Waals surface area contributed by atoms with Gasteiger partial charge in [-0.3, -0.25) is 14.4 Å². The highest BCUT2D eigenvalue weighted by Gasteiger charge is 2.27. The maximum Gasteiger partial charge on any atom is 0.243 e. The summed E-state index contributed by atoms with van der Waals surface area (Å²) in [5, 5.41) is 14.9. The van der Waals surface area contributed by atoms with Crippen LogP contribution < -0.4 is 16.4 Å². The number of carbonyl (C=O) groups excluding carboxylic acids is 3. The van der Waals surface area contributed by atoms with E-state index in [1.165, 1.54) is 31.4 Å². The first-order valence-electron chi connectivity index (χ1n) is 11.1. The predicted molar refractivity (Wildman–Crippen MR) is 122 cm³/mol. The van der Waals surface area contributed by atoms with Crippen LogP contribution in [0.3, 0.4) is 0 Å². The SMILES string of the molecule is CCCCCC/C=C\CC(=O)N[C@@H](Cc1ccc(O)cc1)C(=O)NC(C(N)=O)C(C)C. The van der Waals surface area contributed by atoms with Gasteiger partial charge in [0.15, 0.2) is 0 Å². The summed E-state index contributed by atoms with van der Waals surface area (Å²) >= 11 is 0. The molecule has 31 heavy (non-hydrogen) atoms. The fraction of sp³-hybridized carbons (Fsp3) is 0.542. The van der Waals surface area contributed by atoms with Crippen molar-refractivity contribution in [3.05, 3.63) is 42.0 Å². The Kier molecular flexibility index (Phi) is 12.0. The number of allylic oxidation sites excluding steroid dienone is 1. The van der Waals surface area contributed by atoms with Crippen LogP contribution in [-0.2, 0) is 20.8 Å². The van der Waals surface area contributed by atoms with Gasteiger partial charge in [0.05, 0.1) is 0 Å². The fourth-order valence-corrected chi connectivity index (χ4v) is 3.15. The minimum Gasteiger partial charge on any atom is -0.508 e. The Morgan fingerprint density at radius 2 is 1.71 bits per heavy atom. The Morgan fingerprint density at radius 1 is 1.03 bits per heavy atom. The van der Waals surface area contributed by atoms with Gasteiger partial charge in [0.25, 0.3) is 0 Å². The molecule has 172 valence electrons. The van der Waals surface area contributed by atoms with Crippen molar-refractivity contribution in [2.45, 2.75) is 77.8 Å². The van der Waals surface area contributed by atoms with Crippen LogP contribution in [0, 0.1) is 5.92 Å². The van der Waals surface area contributed by atoms with Crippen LogP contribution in [0.15, 0.2) is 36.4 Å². The summed E-state index contributed by atoms with van der Waals surface area (Å²) in [5.74, 6) is -1.43. The number of primary amides is 1. The summed E-state index contributed by atoms with van der Waals surface area (Å²) in [6.07, 6.45) is 9.82. The second kappa shape index (κ2) is 14.2. The Morgan fingerprint density at radius 3 is 2.29 bits per heavy atom. The Hall–Kier alpha value is -2.83. The second-order valence-corrected chi connectivity index (χ2v) is 8.15. The molecule has 0 aliphatic rings. The number of phenols is 1. The van der Waals surface area contributed by atoms with Gasteiger partial charge in [-0.1, -0.05) is 64.3 Å². The Bertz CT molecular complexity index is 729. The molecule has 1 rings (SSSR count). The largest absolute Gasteiger partial charge is 0.508 e. The van der Waals surface area contributed by atoms with Gasteiger partial charge in [-0.25, -0.2) is 0 Å². The lowest BCUT2D eigenvalue weighted by molar-refractivity contribution is -0.131. The van der Waals surface area contributed by atoms with Crippen molar-refractivity contribution in [2.24, 2.45) is 11.7 Å². The summed E-state index contributed by atoms with van der Waals surface area (Å²) < 4.78 is 0. The van der Waals surface area contributed by atoms with Crippen molar-refractivity contribution in [2.75, 3.05) is 0 Å². The molecule has 0 aliphatic heterocycles. The highest BCUT2D eigenvalue weighted by Crippen LogP contribution is 2.12. The van der Waals surface area contributed by atoms with Crippen molar-refractivity contribution in [3.63, 3.8) is 0 Å². The van der Waals surface area contributed by atoms with E-state index in [2.05, 4.69) is 17.6 Å². The molecule has 7 heteroatoms. The Balaban J connectivity index is 2.76. The third-order valence-electron chi connectivity index (χ3n) is 4.99. The topological polar surface area (TPSA) is 122 Å². The van der Waals surface area contributed by atoms with Gasteiger partial charge in [0, 0.05) is 12.8 Å². The van der Waals surface area contributed by atoms with E-state index < -0.39 is 23.9 Å². The lowest BCUT2D eigenvalue weighted by atomic mass is 10.0. The number of rotatable bonds is 14. The number of hydrogen-bond donors (Lipinski definition) is 4. The maximum absolute atomic E-state index is 12.8. The van der Waals surface area contributed by atoms with Crippen molar-refractivity contribution >= 4 is 17.7 Å². The second-order valence-electron chi connectivity index (χ2n) is 8.15. The molecule has 0 radical (unpaired) electrons. The molecule has 0 spiro atoms. The van der Waals surface area contributed by atoms with Gasteiger partial charge in [-0.05, 0) is 36.5 Å². The van der Waals surface area contributed by atoms with Gasteiger partial charge in [-0.15, -0.1) is 0 Å². The predicted octanol–water partition coefficient (Wildman–Crippen LogP) is 2.96. The van der Waals surface area contributed by atoms with Crippen LogP contribution in [0.25, 0.3) is 0 Å². The van der Waals surface area contributed by atoms with Crippen molar-refractivity contribution in [1.82, 2.24) is 10.6 Å². The molecule has 0 aromatic heterocycles. The van der Waals surface area contributed by atoms with Crippen LogP contribution in [0.1, 0.15) is 64.9 Å². The number of nitrogens with two attached hydrogens (primary N) is 1. The smallest absolute Gasteiger partial charge is 0.243 e.